The topological polar surface area (TPSA) is 72.8 Å². The van der Waals surface area contributed by atoms with Crippen molar-refractivity contribution in [3.63, 3.8) is 0 Å². The molecule has 2 aromatic carbocycles. The zero-order chi connectivity index (χ0) is 22.8. The summed E-state index contributed by atoms with van der Waals surface area (Å²) in [5, 5.41) is 0.588. The molecule has 0 amide bonds. The summed E-state index contributed by atoms with van der Waals surface area (Å²) in [6.45, 7) is 5.96. The van der Waals surface area contributed by atoms with Gasteiger partial charge < -0.3 is 14.3 Å². The Morgan fingerprint density at radius 3 is 2.79 bits per heavy atom. The van der Waals surface area contributed by atoms with Crippen LogP contribution in [0.25, 0.3) is 33.3 Å². The molecule has 0 aliphatic heterocycles. The molecule has 4 aromatic rings. The highest BCUT2D eigenvalue weighted by atomic mass is 16.5. The summed E-state index contributed by atoms with van der Waals surface area (Å²) >= 11 is 0. The Morgan fingerprint density at radius 1 is 1.15 bits per heavy atom. The number of nitrogens with zero attached hydrogens (tertiary/aromatic N) is 3. The first kappa shape index (κ1) is 21.7. The molecule has 2 aromatic heterocycles. The first-order valence-electron chi connectivity index (χ1n) is 12.2. The Balaban J connectivity index is 1.50. The first-order valence-corrected chi connectivity index (χ1v) is 12.2. The smallest absolute Gasteiger partial charge is 0.259 e. The molecule has 1 N–H and O–H groups in total. The Kier molecular flexibility index (Phi) is 6.16. The lowest BCUT2D eigenvalue weighted by atomic mass is 9.81. The summed E-state index contributed by atoms with van der Waals surface area (Å²) in [6, 6.07) is 11.6. The van der Waals surface area contributed by atoms with Gasteiger partial charge >= 0.3 is 0 Å². The van der Waals surface area contributed by atoms with E-state index in [9.17, 15) is 4.79 Å². The number of para-hydroxylation sites is 1. The van der Waals surface area contributed by atoms with Crippen molar-refractivity contribution in [3.05, 3.63) is 53.1 Å². The monoisotopic (exact) mass is 444 g/mol. The molecular formula is C27H32N4O2. The third-order valence-electron chi connectivity index (χ3n) is 6.99. The molecule has 6 nitrogen and oxygen atoms in total. The Morgan fingerprint density at radius 2 is 1.97 bits per heavy atom. The van der Waals surface area contributed by atoms with E-state index >= 15 is 0 Å². The van der Waals surface area contributed by atoms with Crippen LogP contribution < -0.4 is 10.3 Å². The second kappa shape index (κ2) is 9.38. The van der Waals surface area contributed by atoms with Gasteiger partial charge in [0.2, 0.25) is 0 Å². The van der Waals surface area contributed by atoms with Crippen molar-refractivity contribution in [1.82, 2.24) is 19.5 Å². The largest absolute Gasteiger partial charge is 0.493 e. The van der Waals surface area contributed by atoms with Gasteiger partial charge in [0.15, 0.2) is 0 Å². The molecule has 1 fully saturated rings. The highest BCUT2D eigenvalue weighted by Gasteiger charge is 2.21. The summed E-state index contributed by atoms with van der Waals surface area (Å²) in [7, 11) is 0. The predicted molar refractivity (Wildman–Crippen MR) is 133 cm³/mol. The lowest BCUT2D eigenvalue weighted by molar-refractivity contribution is 0.243. The highest BCUT2D eigenvalue weighted by molar-refractivity contribution is 5.93. The molecule has 0 saturated heterocycles. The van der Waals surface area contributed by atoms with Crippen LogP contribution in [0.1, 0.15) is 52.4 Å². The number of ether oxygens (including phenoxy) is 1. The summed E-state index contributed by atoms with van der Waals surface area (Å²) in [5.74, 6) is 2.61. The van der Waals surface area contributed by atoms with Gasteiger partial charge in [-0.3, -0.25) is 4.79 Å². The van der Waals surface area contributed by atoms with E-state index in [0.29, 0.717) is 29.3 Å². The third kappa shape index (κ3) is 4.39. The Hall–Kier alpha value is -3.15. The lowest BCUT2D eigenvalue weighted by Crippen LogP contribution is -2.19. The number of benzene rings is 2. The van der Waals surface area contributed by atoms with Crippen molar-refractivity contribution >= 4 is 21.9 Å². The fourth-order valence-electron chi connectivity index (χ4n) is 5.13. The standard InChI is InChI=1S/C27H32N4O2/c1-3-13-33-25-12-8-7-11-20(25)26-29-22-15-23-24(14-21(22)27(32)30-26)31(17-28-23)16-18(2)19-9-5-4-6-10-19/h7-8,11-12,14-15,17-19H,3-6,9-10,13,16H2,1-2H3,(H,29,30,32). The van der Waals surface area contributed by atoms with E-state index in [4.69, 9.17) is 9.72 Å². The van der Waals surface area contributed by atoms with Crippen molar-refractivity contribution in [2.45, 2.75) is 58.9 Å². The van der Waals surface area contributed by atoms with E-state index in [0.717, 1.165) is 41.2 Å². The van der Waals surface area contributed by atoms with E-state index in [1.807, 2.05) is 42.7 Å². The fourth-order valence-corrected chi connectivity index (χ4v) is 5.13. The molecule has 172 valence electrons. The molecule has 1 saturated carbocycles. The minimum atomic E-state index is -0.143. The van der Waals surface area contributed by atoms with Crippen molar-refractivity contribution < 1.29 is 4.74 Å². The van der Waals surface area contributed by atoms with Gasteiger partial charge in [0, 0.05) is 6.54 Å². The van der Waals surface area contributed by atoms with Gasteiger partial charge in [-0.25, -0.2) is 9.97 Å². The van der Waals surface area contributed by atoms with E-state index < -0.39 is 0 Å². The number of imidazole rings is 1. The third-order valence-corrected chi connectivity index (χ3v) is 6.99. The maximum atomic E-state index is 13.1. The van der Waals surface area contributed by atoms with Crippen LogP contribution in [0.5, 0.6) is 5.75 Å². The van der Waals surface area contributed by atoms with Crippen LogP contribution in [0, 0.1) is 11.8 Å². The molecule has 2 heterocycles. The van der Waals surface area contributed by atoms with Gasteiger partial charge in [-0.1, -0.05) is 58.1 Å². The molecule has 33 heavy (non-hydrogen) atoms. The van der Waals surface area contributed by atoms with Crippen molar-refractivity contribution in [2.75, 3.05) is 6.61 Å². The maximum absolute atomic E-state index is 13.1. The van der Waals surface area contributed by atoms with Crippen LogP contribution in [-0.4, -0.2) is 26.1 Å². The molecule has 6 heteroatoms. The number of hydrogen-bond acceptors (Lipinski definition) is 4. The molecule has 0 bridgehead atoms. The number of hydrogen-bond donors (Lipinski definition) is 1. The Bertz CT molecular complexity index is 1320. The quantitative estimate of drug-likeness (QED) is 0.383. The zero-order valence-corrected chi connectivity index (χ0v) is 19.5. The van der Waals surface area contributed by atoms with Crippen LogP contribution in [0.3, 0.4) is 0 Å². The number of aromatic nitrogens is 4. The maximum Gasteiger partial charge on any atom is 0.259 e. The van der Waals surface area contributed by atoms with Crippen molar-refractivity contribution in [3.8, 4) is 17.1 Å². The van der Waals surface area contributed by atoms with E-state index in [-0.39, 0.29) is 5.56 Å². The number of nitrogens with one attached hydrogen (secondary N) is 1. The SMILES string of the molecule is CCCOc1ccccc1-c1nc2cc3ncn(CC(C)C4CCCCC4)c3cc2c(=O)[nH]1. The molecule has 0 radical (unpaired) electrons. The second-order valence-electron chi connectivity index (χ2n) is 9.39. The lowest BCUT2D eigenvalue weighted by Gasteiger charge is -2.28. The van der Waals surface area contributed by atoms with Crippen molar-refractivity contribution in [2.24, 2.45) is 11.8 Å². The predicted octanol–water partition coefficient (Wildman–Crippen LogP) is 5.95. The summed E-state index contributed by atoms with van der Waals surface area (Å²) in [5.41, 5.74) is 3.17. The van der Waals surface area contributed by atoms with Crippen LogP contribution in [0.4, 0.5) is 0 Å². The highest BCUT2D eigenvalue weighted by Crippen LogP contribution is 2.32. The van der Waals surface area contributed by atoms with Gasteiger partial charge in [0.05, 0.1) is 40.4 Å². The molecule has 1 unspecified atom stereocenters. The number of rotatable bonds is 7. The number of fused-ring (bicyclic) bond motifs is 2. The van der Waals surface area contributed by atoms with E-state index in [2.05, 4.69) is 28.4 Å². The van der Waals surface area contributed by atoms with Gasteiger partial charge in [-0.2, -0.15) is 0 Å². The van der Waals surface area contributed by atoms with Crippen LogP contribution >= 0.6 is 0 Å². The number of aromatic amines is 1. The molecule has 1 atom stereocenters. The summed E-state index contributed by atoms with van der Waals surface area (Å²) < 4.78 is 8.08. The second-order valence-corrected chi connectivity index (χ2v) is 9.39. The Labute approximate surface area is 194 Å². The molecule has 5 rings (SSSR count). The average molecular weight is 445 g/mol. The molecule has 1 aliphatic carbocycles. The minimum absolute atomic E-state index is 0.143. The van der Waals surface area contributed by atoms with Gasteiger partial charge in [-0.05, 0) is 42.5 Å². The molecular weight excluding hydrogens is 412 g/mol. The molecule has 1 aliphatic rings. The fraction of sp³-hybridized carbons (Fsp3) is 0.444. The van der Waals surface area contributed by atoms with Gasteiger partial charge in [0.1, 0.15) is 11.6 Å². The average Bonchev–Trinajstić information content (AvgIpc) is 3.23. The van der Waals surface area contributed by atoms with Crippen LogP contribution in [0.15, 0.2) is 47.5 Å². The summed E-state index contributed by atoms with van der Waals surface area (Å²) in [4.78, 5) is 25.5. The van der Waals surface area contributed by atoms with E-state index in [1.165, 1.54) is 32.1 Å². The van der Waals surface area contributed by atoms with Crippen LogP contribution in [-0.2, 0) is 6.54 Å². The zero-order valence-electron chi connectivity index (χ0n) is 19.5. The molecule has 0 spiro atoms. The van der Waals surface area contributed by atoms with E-state index in [1.54, 1.807) is 0 Å². The normalized spacial score (nSPS) is 15.8. The summed E-state index contributed by atoms with van der Waals surface area (Å²) in [6.07, 6.45) is 9.54. The first-order chi connectivity index (χ1) is 16.1. The minimum Gasteiger partial charge on any atom is -0.493 e. The van der Waals surface area contributed by atoms with Gasteiger partial charge in [-0.15, -0.1) is 0 Å². The van der Waals surface area contributed by atoms with Crippen molar-refractivity contribution in [1.29, 1.82) is 0 Å². The van der Waals surface area contributed by atoms with Crippen LogP contribution in [0.2, 0.25) is 0 Å². The number of H-pyrrole nitrogens is 1. The van der Waals surface area contributed by atoms with Gasteiger partial charge in [0.25, 0.3) is 5.56 Å².